The SMILES string of the molecule is CC.COc1ccc2ccc(F)c(C)c2n1. The molecule has 0 atom stereocenters. The van der Waals surface area contributed by atoms with Gasteiger partial charge in [0.2, 0.25) is 5.88 Å². The van der Waals surface area contributed by atoms with E-state index in [1.807, 2.05) is 19.9 Å². The Balaban J connectivity index is 0.000000606. The number of aromatic nitrogens is 1. The van der Waals surface area contributed by atoms with Crippen molar-refractivity contribution in [2.45, 2.75) is 20.8 Å². The summed E-state index contributed by atoms with van der Waals surface area (Å²) in [5.74, 6) is 0.268. The van der Waals surface area contributed by atoms with Gasteiger partial charge in [-0.05, 0) is 25.1 Å². The van der Waals surface area contributed by atoms with Crippen LogP contribution < -0.4 is 4.74 Å². The van der Waals surface area contributed by atoms with Crippen LogP contribution >= 0.6 is 0 Å². The van der Waals surface area contributed by atoms with Crippen molar-refractivity contribution in [3.05, 3.63) is 35.6 Å². The standard InChI is InChI=1S/C11H10FNO.C2H6/c1-7-9(12)5-3-8-4-6-10(14-2)13-11(7)8;1-2/h3-6H,1-2H3;1-2H3. The zero-order valence-corrected chi connectivity index (χ0v) is 10.0. The molecule has 0 aliphatic heterocycles. The summed E-state index contributed by atoms with van der Waals surface area (Å²) in [6.45, 7) is 5.71. The second kappa shape index (κ2) is 5.45. The van der Waals surface area contributed by atoms with Crippen LogP contribution in [0.3, 0.4) is 0 Å². The summed E-state index contributed by atoms with van der Waals surface area (Å²) in [4.78, 5) is 4.19. The number of pyridine rings is 1. The highest BCUT2D eigenvalue weighted by Gasteiger charge is 2.05. The lowest BCUT2D eigenvalue weighted by Gasteiger charge is -2.04. The molecule has 3 heteroatoms. The van der Waals surface area contributed by atoms with Crippen molar-refractivity contribution in [1.82, 2.24) is 4.98 Å². The van der Waals surface area contributed by atoms with E-state index in [1.165, 1.54) is 6.07 Å². The number of halogens is 1. The van der Waals surface area contributed by atoms with E-state index in [1.54, 1.807) is 26.2 Å². The molecule has 2 nitrogen and oxygen atoms in total. The Bertz CT molecular complexity index is 483. The lowest BCUT2D eigenvalue weighted by Crippen LogP contribution is -1.91. The van der Waals surface area contributed by atoms with Gasteiger partial charge in [0.1, 0.15) is 5.82 Å². The van der Waals surface area contributed by atoms with Gasteiger partial charge < -0.3 is 4.74 Å². The van der Waals surface area contributed by atoms with Crippen molar-refractivity contribution >= 4 is 10.9 Å². The largest absolute Gasteiger partial charge is 0.481 e. The predicted molar refractivity (Wildman–Crippen MR) is 64.3 cm³/mol. The van der Waals surface area contributed by atoms with Crippen LogP contribution in [-0.4, -0.2) is 12.1 Å². The van der Waals surface area contributed by atoms with Crippen LogP contribution in [0.4, 0.5) is 4.39 Å². The first-order valence-corrected chi connectivity index (χ1v) is 5.32. The third-order valence-electron chi connectivity index (χ3n) is 2.23. The molecule has 0 radical (unpaired) electrons. The summed E-state index contributed by atoms with van der Waals surface area (Å²) >= 11 is 0. The van der Waals surface area contributed by atoms with Gasteiger partial charge in [0.15, 0.2) is 0 Å². The first kappa shape index (κ1) is 12.4. The van der Waals surface area contributed by atoms with Crippen molar-refractivity contribution in [3.8, 4) is 5.88 Å². The van der Waals surface area contributed by atoms with Gasteiger partial charge in [-0.15, -0.1) is 0 Å². The second-order valence-corrected chi connectivity index (χ2v) is 3.10. The van der Waals surface area contributed by atoms with Crippen molar-refractivity contribution in [2.75, 3.05) is 7.11 Å². The van der Waals surface area contributed by atoms with Gasteiger partial charge in [-0.2, -0.15) is 0 Å². The molecule has 86 valence electrons. The Morgan fingerprint density at radius 3 is 2.38 bits per heavy atom. The number of hydrogen-bond acceptors (Lipinski definition) is 2. The van der Waals surface area contributed by atoms with Gasteiger partial charge in [-0.3, -0.25) is 0 Å². The summed E-state index contributed by atoms with van der Waals surface area (Å²) in [6, 6.07) is 6.79. The molecule has 1 heterocycles. The number of rotatable bonds is 1. The number of ether oxygens (including phenoxy) is 1. The zero-order chi connectivity index (χ0) is 12.1. The average Bonchev–Trinajstić information content (AvgIpc) is 2.36. The van der Waals surface area contributed by atoms with Crippen molar-refractivity contribution in [2.24, 2.45) is 0 Å². The maximum Gasteiger partial charge on any atom is 0.213 e. The highest BCUT2D eigenvalue weighted by atomic mass is 19.1. The quantitative estimate of drug-likeness (QED) is 0.732. The van der Waals surface area contributed by atoms with Crippen molar-refractivity contribution in [1.29, 1.82) is 0 Å². The maximum absolute atomic E-state index is 13.2. The van der Waals surface area contributed by atoms with Crippen LogP contribution in [0.5, 0.6) is 5.88 Å². The fourth-order valence-corrected chi connectivity index (χ4v) is 1.40. The van der Waals surface area contributed by atoms with Crippen LogP contribution in [0.1, 0.15) is 19.4 Å². The van der Waals surface area contributed by atoms with E-state index in [2.05, 4.69) is 4.98 Å². The number of nitrogens with zero attached hydrogens (tertiary/aromatic N) is 1. The molecule has 0 aliphatic rings. The Kier molecular flexibility index (Phi) is 4.23. The van der Waals surface area contributed by atoms with Crippen LogP contribution in [0.25, 0.3) is 10.9 Å². The molecule has 2 rings (SSSR count). The maximum atomic E-state index is 13.2. The fourth-order valence-electron chi connectivity index (χ4n) is 1.40. The summed E-state index contributed by atoms with van der Waals surface area (Å²) in [6.07, 6.45) is 0. The Morgan fingerprint density at radius 1 is 1.12 bits per heavy atom. The molecule has 0 saturated carbocycles. The Morgan fingerprint density at radius 2 is 1.75 bits per heavy atom. The highest BCUT2D eigenvalue weighted by Crippen LogP contribution is 2.21. The van der Waals surface area contributed by atoms with E-state index in [4.69, 9.17) is 4.74 Å². The minimum Gasteiger partial charge on any atom is -0.481 e. The van der Waals surface area contributed by atoms with Gasteiger partial charge in [-0.1, -0.05) is 13.8 Å². The summed E-state index contributed by atoms with van der Waals surface area (Å²) < 4.78 is 18.2. The van der Waals surface area contributed by atoms with E-state index in [-0.39, 0.29) is 5.82 Å². The average molecular weight is 221 g/mol. The van der Waals surface area contributed by atoms with Gasteiger partial charge in [0.05, 0.1) is 12.6 Å². The summed E-state index contributed by atoms with van der Waals surface area (Å²) in [5, 5.41) is 0.921. The molecule has 0 N–H and O–H groups in total. The van der Waals surface area contributed by atoms with Crippen LogP contribution in [0.2, 0.25) is 0 Å². The number of fused-ring (bicyclic) bond motifs is 1. The molecule has 1 aromatic heterocycles. The van der Waals surface area contributed by atoms with E-state index in [0.717, 1.165) is 5.39 Å². The molecule has 0 fully saturated rings. The Hall–Kier alpha value is -1.64. The molecule has 2 aromatic rings. The van der Waals surface area contributed by atoms with Crippen molar-refractivity contribution < 1.29 is 9.13 Å². The molecule has 0 amide bonds. The van der Waals surface area contributed by atoms with Gasteiger partial charge in [0, 0.05) is 17.0 Å². The highest BCUT2D eigenvalue weighted by molar-refractivity contribution is 5.82. The fraction of sp³-hybridized carbons (Fsp3) is 0.308. The number of hydrogen-bond donors (Lipinski definition) is 0. The topological polar surface area (TPSA) is 22.1 Å². The second-order valence-electron chi connectivity index (χ2n) is 3.10. The van der Waals surface area contributed by atoms with Crippen LogP contribution in [0, 0.1) is 12.7 Å². The third-order valence-corrected chi connectivity index (χ3v) is 2.23. The predicted octanol–water partition coefficient (Wildman–Crippen LogP) is 3.72. The molecule has 0 aliphatic carbocycles. The van der Waals surface area contributed by atoms with E-state index < -0.39 is 0 Å². The number of benzene rings is 1. The molecule has 16 heavy (non-hydrogen) atoms. The van der Waals surface area contributed by atoms with E-state index >= 15 is 0 Å². The number of methoxy groups -OCH3 is 1. The molecular weight excluding hydrogens is 205 g/mol. The normalized spacial score (nSPS) is 9.56. The third kappa shape index (κ3) is 2.30. The van der Waals surface area contributed by atoms with E-state index in [9.17, 15) is 4.39 Å². The Labute approximate surface area is 95.1 Å². The van der Waals surface area contributed by atoms with Gasteiger partial charge in [-0.25, -0.2) is 9.37 Å². The van der Waals surface area contributed by atoms with Gasteiger partial charge in [0.25, 0.3) is 0 Å². The molecule has 0 bridgehead atoms. The van der Waals surface area contributed by atoms with Crippen LogP contribution in [-0.2, 0) is 0 Å². The molecule has 1 aromatic carbocycles. The van der Waals surface area contributed by atoms with Crippen LogP contribution in [0.15, 0.2) is 24.3 Å². The first-order valence-electron chi connectivity index (χ1n) is 5.32. The number of aryl methyl sites for hydroxylation is 1. The minimum absolute atomic E-state index is 0.238. The minimum atomic E-state index is -0.238. The zero-order valence-electron chi connectivity index (χ0n) is 10.0. The molecule has 0 saturated heterocycles. The summed E-state index contributed by atoms with van der Waals surface area (Å²) in [7, 11) is 1.54. The lowest BCUT2D eigenvalue weighted by molar-refractivity contribution is 0.399. The molecule has 0 unspecified atom stereocenters. The van der Waals surface area contributed by atoms with E-state index in [0.29, 0.717) is 17.0 Å². The van der Waals surface area contributed by atoms with Crippen molar-refractivity contribution in [3.63, 3.8) is 0 Å². The first-order chi connectivity index (χ1) is 7.72. The molecule has 0 spiro atoms. The molecular formula is C13H16FNO. The smallest absolute Gasteiger partial charge is 0.213 e. The monoisotopic (exact) mass is 221 g/mol. The van der Waals surface area contributed by atoms with Gasteiger partial charge >= 0.3 is 0 Å². The lowest BCUT2D eigenvalue weighted by atomic mass is 10.1. The summed E-state index contributed by atoms with van der Waals surface area (Å²) in [5.41, 5.74) is 1.21.